The molecule has 9 heavy (non-hydrogen) atoms. The first kappa shape index (κ1) is 7.02. The van der Waals surface area contributed by atoms with Gasteiger partial charge in [-0.2, -0.15) is 0 Å². The fraction of sp³-hybridized carbons (Fsp3) is 1.00. The van der Waals surface area contributed by atoms with Crippen LogP contribution in [0.4, 0.5) is 0 Å². The highest BCUT2D eigenvalue weighted by Crippen LogP contribution is 2.48. The van der Waals surface area contributed by atoms with Crippen molar-refractivity contribution >= 4 is 10.0 Å². The van der Waals surface area contributed by atoms with E-state index in [2.05, 4.69) is 0 Å². The van der Waals surface area contributed by atoms with Gasteiger partial charge >= 0.3 is 0 Å². The van der Waals surface area contributed by atoms with Crippen molar-refractivity contribution in [3.05, 3.63) is 0 Å². The fourth-order valence-corrected chi connectivity index (χ4v) is 2.53. The van der Waals surface area contributed by atoms with E-state index in [1.54, 1.807) is 0 Å². The standard InChI is InChI=1S/C5H11NO2S/c1-5(2)3-4(5)9(6,7)8/h4H,3H2,1-2H3,(H2,6,7,8). The second-order valence-corrected chi connectivity index (χ2v) is 5.02. The Morgan fingerprint density at radius 2 is 1.89 bits per heavy atom. The molecule has 1 rings (SSSR count). The zero-order valence-electron chi connectivity index (χ0n) is 5.59. The molecular weight excluding hydrogens is 138 g/mol. The van der Waals surface area contributed by atoms with Gasteiger partial charge in [0.15, 0.2) is 0 Å². The van der Waals surface area contributed by atoms with E-state index in [4.69, 9.17) is 5.14 Å². The summed E-state index contributed by atoms with van der Waals surface area (Å²) in [7, 11) is -3.24. The Bertz CT molecular complexity index is 217. The van der Waals surface area contributed by atoms with Crippen LogP contribution in [0.2, 0.25) is 0 Å². The normalized spacial score (nSPS) is 32.1. The maximum atomic E-state index is 10.6. The maximum absolute atomic E-state index is 10.6. The molecule has 4 heteroatoms. The van der Waals surface area contributed by atoms with Crippen LogP contribution >= 0.6 is 0 Å². The predicted molar refractivity (Wildman–Crippen MR) is 35.3 cm³/mol. The molecule has 0 spiro atoms. The Labute approximate surface area is 55.3 Å². The van der Waals surface area contributed by atoms with Crippen LogP contribution < -0.4 is 5.14 Å². The molecule has 0 saturated heterocycles. The molecule has 0 aromatic heterocycles. The lowest BCUT2D eigenvalue weighted by molar-refractivity contribution is 0.580. The monoisotopic (exact) mass is 149 g/mol. The van der Waals surface area contributed by atoms with Gasteiger partial charge in [-0.25, -0.2) is 13.6 Å². The van der Waals surface area contributed by atoms with E-state index in [9.17, 15) is 8.42 Å². The number of sulfonamides is 1. The molecule has 54 valence electrons. The van der Waals surface area contributed by atoms with Crippen LogP contribution in [0, 0.1) is 5.41 Å². The summed E-state index contributed by atoms with van der Waals surface area (Å²) < 4.78 is 21.2. The van der Waals surface area contributed by atoms with E-state index in [0.717, 1.165) is 0 Å². The van der Waals surface area contributed by atoms with Gasteiger partial charge in [-0.05, 0) is 11.8 Å². The second kappa shape index (κ2) is 1.49. The highest BCUT2D eigenvalue weighted by atomic mass is 32.2. The van der Waals surface area contributed by atoms with Crippen molar-refractivity contribution in [1.82, 2.24) is 0 Å². The summed E-state index contributed by atoms with van der Waals surface area (Å²) in [5, 5.41) is 4.60. The van der Waals surface area contributed by atoms with E-state index >= 15 is 0 Å². The zero-order valence-corrected chi connectivity index (χ0v) is 6.40. The Balaban J connectivity index is 2.75. The summed E-state index contributed by atoms with van der Waals surface area (Å²) in [6.45, 7) is 3.81. The molecule has 1 aliphatic rings. The minimum atomic E-state index is -3.24. The van der Waals surface area contributed by atoms with Gasteiger partial charge in [-0.3, -0.25) is 0 Å². The van der Waals surface area contributed by atoms with Gasteiger partial charge in [0, 0.05) is 0 Å². The van der Waals surface area contributed by atoms with Gasteiger partial charge in [-0.1, -0.05) is 13.8 Å². The molecule has 2 N–H and O–H groups in total. The van der Waals surface area contributed by atoms with Gasteiger partial charge in [0.25, 0.3) is 0 Å². The molecule has 1 fully saturated rings. The van der Waals surface area contributed by atoms with Crippen molar-refractivity contribution in [2.24, 2.45) is 10.6 Å². The van der Waals surface area contributed by atoms with Crippen molar-refractivity contribution in [2.45, 2.75) is 25.5 Å². The average molecular weight is 149 g/mol. The number of nitrogens with two attached hydrogens (primary N) is 1. The molecule has 0 heterocycles. The van der Waals surface area contributed by atoms with E-state index in [0.29, 0.717) is 6.42 Å². The van der Waals surface area contributed by atoms with Gasteiger partial charge < -0.3 is 0 Å². The predicted octanol–water partition coefficient (Wildman–Crippen LogP) is 0.0734. The van der Waals surface area contributed by atoms with Gasteiger partial charge in [0.2, 0.25) is 10.0 Å². The van der Waals surface area contributed by atoms with Crippen LogP contribution in [0.1, 0.15) is 20.3 Å². The summed E-state index contributed by atoms with van der Waals surface area (Å²) in [5.41, 5.74) is -0.0619. The van der Waals surface area contributed by atoms with Crippen LogP contribution in [0.3, 0.4) is 0 Å². The van der Waals surface area contributed by atoms with Crippen LogP contribution in [-0.2, 0) is 10.0 Å². The molecule has 1 aliphatic carbocycles. The number of primary sulfonamides is 1. The van der Waals surface area contributed by atoms with Crippen molar-refractivity contribution in [3.63, 3.8) is 0 Å². The van der Waals surface area contributed by atoms with Gasteiger partial charge in [-0.15, -0.1) is 0 Å². The average Bonchev–Trinajstić information content (AvgIpc) is 2.10. The summed E-state index contributed by atoms with van der Waals surface area (Å²) in [4.78, 5) is 0. The van der Waals surface area contributed by atoms with Crippen molar-refractivity contribution < 1.29 is 8.42 Å². The summed E-state index contributed by atoms with van der Waals surface area (Å²) in [6, 6.07) is 0. The van der Waals surface area contributed by atoms with E-state index in [-0.39, 0.29) is 10.7 Å². The van der Waals surface area contributed by atoms with Crippen molar-refractivity contribution in [2.75, 3.05) is 0 Å². The van der Waals surface area contributed by atoms with E-state index in [1.807, 2.05) is 13.8 Å². The van der Waals surface area contributed by atoms with Gasteiger partial charge in [0.1, 0.15) is 0 Å². The molecule has 1 saturated carbocycles. The third-order valence-corrected chi connectivity index (χ3v) is 3.42. The minimum absolute atomic E-state index is 0.0619. The second-order valence-electron chi connectivity index (χ2n) is 3.27. The molecule has 0 aliphatic heterocycles. The molecule has 0 bridgehead atoms. The Kier molecular flexibility index (Phi) is 1.16. The van der Waals surface area contributed by atoms with Crippen LogP contribution in [-0.4, -0.2) is 13.7 Å². The minimum Gasteiger partial charge on any atom is -0.228 e. The van der Waals surface area contributed by atoms with Gasteiger partial charge in [0.05, 0.1) is 5.25 Å². The Hall–Kier alpha value is -0.0900. The number of hydrogen-bond acceptors (Lipinski definition) is 2. The molecule has 1 atom stereocenters. The molecule has 0 amide bonds. The molecule has 3 nitrogen and oxygen atoms in total. The first-order chi connectivity index (χ1) is 3.84. The molecule has 0 aromatic carbocycles. The fourth-order valence-electron chi connectivity index (χ4n) is 0.980. The molecule has 0 radical (unpaired) electrons. The maximum Gasteiger partial charge on any atom is 0.212 e. The zero-order chi connectivity index (χ0) is 7.28. The lowest BCUT2D eigenvalue weighted by Gasteiger charge is -1.97. The molecule has 0 aromatic rings. The van der Waals surface area contributed by atoms with Crippen LogP contribution in [0.5, 0.6) is 0 Å². The van der Waals surface area contributed by atoms with Crippen molar-refractivity contribution in [1.29, 1.82) is 0 Å². The first-order valence-electron chi connectivity index (χ1n) is 2.86. The topological polar surface area (TPSA) is 60.2 Å². The SMILES string of the molecule is CC1(C)CC1S(N)(=O)=O. The number of hydrogen-bond donors (Lipinski definition) is 1. The summed E-state index contributed by atoms with van der Waals surface area (Å²) in [5.74, 6) is 0. The third kappa shape index (κ3) is 1.24. The summed E-state index contributed by atoms with van der Waals surface area (Å²) in [6.07, 6.45) is 0.714. The smallest absolute Gasteiger partial charge is 0.212 e. The van der Waals surface area contributed by atoms with Crippen LogP contribution in [0.15, 0.2) is 0 Å². The first-order valence-corrected chi connectivity index (χ1v) is 4.46. The highest BCUT2D eigenvalue weighted by Gasteiger charge is 2.52. The Morgan fingerprint density at radius 3 is 1.89 bits per heavy atom. The van der Waals surface area contributed by atoms with E-state index < -0.39 is 10.0 Å². The third-order valence-electron chi connectivity index (χ3n) is 1.82. The highest BCUT2D eigenvalue weighted by molar-refractivity contribution is 7.90. The summed E-state index contributed by atoms with van der Waals surface area (Å²) >= 11 is 0. The largest absolute Gasteiger partial charge is 0.228 e. The van der Waals surface area contributed by atoms with Crippen molar-refractivity contribution in [3.8, 4) is 0 Å². The Morgan fingerprint density at radius 1 is 1.56 bits per heavy atom. The lowest BCUT2D eigenvalue weighted by Crippen LogP contribution is -2.20. The quantitative estimate of drug-likeness (QED) is 0.573. The van der Waals surface area contributed by atoms with E-state index in [1.165, 1.54) is 0 Å². The van der Waals surface area contributed by atoms with Crippen LogP contribution in [0.25, 0.3) is 0 Å². The molecule has 1 unspecified atom stereocenters. The number of rotatable bonds is 1. The lowest BCUT2D eigenvalue weighted by atomic mass is 10.2. The molecular formula is C5H11NO2S.